The van der Waals surface area contributed by atoms with E-state index in [0.717, 1.165) is 12.5 Å². The van der Waals surface area contributed by atoms with E-state index in [0.29, 0.717) is 11.1 Å². The minimum Gasteiger partial charge on any atom is -0.494 e. The van der Waals surface area contributed by atoms with Crippen LogP contribution in [0.2, 0.25) is 0 Å². The maximum absolute atomic E-state index is 13.3. The zero-order chi connectivity index (χ0) is 30.7. The zero-order valence-electron chi connectivity index (χ0n) is 23.4. The largest absolute Gasteiger partial charge is 0.494 e. The molecule has 0 bridgehead atoms. The van der Waals surface area contributed by atoms with Crippen molar-refractivity contribution >= 4 is 40.2 Å². The molecule has 0 saturated carbocycles. The molecule has 0 aliphatic carbocycles. The average molecular weight is 579 g/mol. The number of methoxy groups -OCH3 is 3. The van der Waals surface area contributed by atoms with E-state index in [1.54, 1.807) is 54.6 Å². The summed E-state index contributed by atoms with van der Waals surface area (Å²) >= 11 is 0. The van der Waals surface area contributed by atoms with Crippen LogP contribution in [0.25, 0.3) is 11.0 Å². The number of esters is 2. The Balaban J connectivity index is 1.62. The molecule has 3 N–H and O–H groups in total. The van der Waals surface area contributed by atoms with Crippen LogP contribution in [-0.4, -0.2) is 39.2 Å². The second-order valence-electron chi connectivity index (χ2n) is 9.32. The number of carbonyl (C=O) groups excluding carboxylic acids is 3. The molecule has 1 aliphatic rings. The lowest BCUT2D eigenvalue weighted by atomic mass is 9.81. The summed E-state index contributed by atoms with van der Waals surface area (Å²) in [6.45, 7) is 0. The van der Waals surface area contributed by atoms with Crippen LogP contribution in [0.1, 0.15) is 22.0 Å². The monoisotopic (exact) mass is 578 g/mol. The average Bonchev–Trinajstić information content (AvgIpc) is 3.49. The summed E-state index contributed by atoms with van der Waals surface area (Å²) in [5.74, 6) is -3.07. The van der Waals surface area contributed by atoms with Crippen molar-refractivity contribution in [2.45, 2.75) is 5.92 Å². The molecule has 216 valence electrons. The molecule has 1 amide bonds. The molecule has 5 rings (SSSR count). The van der Waals surface area contributed by atoms with Gasteiger partial charge >= 0.3 is 11.9 Å². The van der Waals surface area contributed by atoms with Crippen molar-refractivity contribution in [1.82, 2.24) is 0 Å². The Morgan fingerprint density at radius 3 is 2.28 bits per heavy atom. The first-order valence-corrected chi connectivity index (χ1v) is 13.0. The van der Waals surface area contributed by atoms with Crippen molar-refractivity contribution in [2.24, 2.45) is 5.73 Å². The topological polar surface area (TPSA) is 157 Å². The van der Waals surface area contributed by atoms with Crippen LogP contribution in [0.5, 0.6) is 5.75 Å². The third-order valence-corrected chi connectivity index (χ3v) is 6.95. The van der Waals surface area contributed by atoms with Crippen LogP contribution < -0.4 is 20.7 Å². The Morgan fingerprint density at radius 1 is 0.930 bits per heavy atom. The van der Waals surface area contributed by atoms with Crippen molar-refractivity contribution in [3.05, 3.63) is 113 Å². The van der Waals surface area contributed by atoms with Gasteiger partial charge in [0.05, 0.1) is 55.8 Å². The number of amides is 1. The van der Waals surface area contributed by atoms with Gasteiger partial charge in [-0.1, -0.05) is 48.5 Å². The zero-order valence-corrected chi connectivity index (χ0v) is 23.4. The molecule has 11 heteroatoms. The van der Waals surface area contributed by atoms with E-state index >= 15 is 0 Å². The number of allylic oxidation sites excluding steroid dienone is 1. The lowest BCUT2D eigenvalue weighted by Crippen LogP contribution is -2.40. The van der Waals surface area contributed by atoms with Crippen molar-refractivity contribution in [3.63, 3.8) is 0 Å². The molecule has 2 heterocycles. The molecule has 0 radical (unpaired) electrons. The van der Waals surface area contributed by atoms with Gasteiger partial charge in [-0.05, 0) is 29.8 Å². The minimum absolute atomic E-state index is 0.0143. The fourth-order valence-corrected chi connectivity index (χ4v) is 4.98. The van der Waals surface area contributed by atoms with Crippen molar-refractivity contribution in [2.75, 3.05) is 31.5 Å². The summed E-state index contributed by atoms with van der Waals surface area (Å²) in [6.07, 6.45) is 0. The summed E-state index contributed by atoms with van der Waals surface area (Å²) in [7, 11) is 3.73. The molecule has 1 aromatic heterocycles. The first-order valence-electron chi connectivity index (χ1n) is 13.0. The quantitative estimate of drug-likeness (QED) is 0.297. The van der Waals surface area contributed by atoms with Crippen LogP contribution in [0.3, 0.4) is 0 Å². The number of furan rings is 1. The summed E-state index contributed by atoms with van der Waals surface area (Å²) in [5, 5.41) is 13.8. The Hall–Kier alpha value is -6.02. The van der Waals surface area contributed by atoms with Gasteiger partial charge in [-0.25, -0.2) is 9.59 Å². The van der Waals surface area contributed by atoms with Gasteiger partial charge in [0.25, 0.3) is 5.91 Å². The summed E-state index contributed by atoms with van der Waals surface area (Å²) in [4.78, 5) is 40.8. The normalized spacial score (nSPS) is 14.7. The second-order valence-corrected chi connectivity index (χ2v) is 9.32. The van der Waals surface area contributed by atoms with E-state index in [1.165, 1.54) is 31.3 Å². The van der Waals surface area contributed by atoms with Gasteiger partial charge in [0.15, 0.2) is 5.76 Å². The number of nitrogens with zero attached hydrogens (tertiary/aromatic N) is 2. The maximum atomic E-state index is 13.3. The van der Waals surface area contributed by atoms with E-state index in [4.69, 9.17) is 24.4 Å². The fraction of sp³-hybridized carbons (Fsp3) is 0.125. The lowest BCUT2D eigenvalue weighted by molar-refractivity contribution is -0.139. The van der Waals surface area contributed by atoms with E-state index in [2.05, 4.69) is 11.4 Å². The fourth-order valence-electron chi connectivity index (χ4n) is 4.98. The van der Waals surface area contributed by atoms with Gasteiger partial charge in [-0.3, -0.25) is 9.69 Å². The number of fused-ring (bicyclic) bond motifs is 1. The molecule has 4 aromatic rings. The van der Waals surface area contributed by atoms with Crippen molar-refractivity contribution in [3.8, 4) is 11.8 Å². The van der Waals surface area contributed by atoms with Crippen LogP contribution in [0, 0.1) is 11.3 Å². The Bertz CT molecular complexity index is 1820. The number of rotatable bonds is 7. The third-order valence-electron chi connectivity index (χ3n) is 6.95. The number of para-hydroxylation sites is 1. The molecule has 1 atom stereocenters. The molecule has 1 unspecified atom stereocenters. The Labute approximate surface area is 246 Å². The van der Waals surface area contributed by atoms with Gasteiger partial charge in [0.2, 0.25) is 0 Å². The molecular weight excluding hydrogens is 552 g/mol. The third kappa shape index (κ3) is 5.13. The molecular formula is C32H26N4O7. The number of nitrogens with one attached hydrogen (secondary N) is 1. The summed E-state index contributed by atoms with van der Waals surface area (Å²) in [6, 6.07) is 24.2. The van der Waals surface area contributed by atoms with E-state index < -0.39 is 23.8 Å². The second kappa shape index (κ2) is 11.8. The predicted molar refractivity (Wildman–Crippen MR) is 157 cm³/mol. The maximum Gasteiger partial charge on any atom is 0.355 e. The van der Waals surface area contributed by atoms with Gasteiger partial charge in [0, 0.05) is 11.5 Å². The highest BCUT2D eigenvalue weighted by Gasteiger charge is 2.43. The Morgan fingerprint density at radius 2 is 1.63 bits per heavy atom. The highest BCUT2D eigenvalue weighted by atomic mass is 16.5. The van der Waals surface area contributed by atoms with E-state index in [1.807, 2.05) is 12.1 Å². The van der Waals surface area contributed by atoms with E-state index in [-0.39, 0.29) is 45.5 Å². The SMILES string of the molecule is COC(=O)C1=C(C(=O)OC)N(c2ccc(NC(=O)c3cc4ccccc4o3)c(OC)c2)C(N)=C(C#N)C1c1ccccc1. The number of hydrogen-bond donors (Lipinski definition) is 2. The molecule has 1 aliphatic heterocycles. The van der Waals surface area contributed by atoms with Gasteiger partial charge in [-0.2, -0.15) is 5.26 Å². The molecule has 11 nitrogen and oxygen atoms in total. The number of anilines is 2. The predicted octanol–water partition coefficient (Wildman–Crippen LogP) is 4.59. The number of ether oxygens (including phenoxy) is 3. The lowest BCUT2D eigenvalue weighted by Gasteiger charge is -2.36. The first kappa shape index (κ1) is 28.5. The van der Waals surface area contributed by atoms with Crippen molar-refractivity contribution in [1.29, 1.82) is 5.26 Å². The van der Waals surface area contributed by atoms with Gasteiger partial charge < -0.3 is 29.7 Å². The van der Waals surface area contributed by atoms with Crippen LogP contribution >= 0.6 is 0 Å². The summed E-state index contributed by atoms with van der Waals surface area (Å²) in [5.41, 5.74) is 7.86. The minimum atomic E-state index is -1.01. The van der Waals surface area contributed by atoms with Crippen molar-refractivity contribution < 1.29 is 33.0 Å². The highest BCUT2D eigenvalue weighted by molar-refractivity contribution is 6.07. The number of benzene rings is 3. The first-order chi connectivity index (χ1) is 20.8. The molecule has 0 fully saturated rings. The van der Waals surface area contributed by atoms with E-state index in [9.17, 15) is 19.6 Å². The number of nitriles is 1. The van der Waals surface area contributed by atoms with Crippen LogP contribution in [0.4, 0.5) is 11.4 Å². The molecule has 43 heavy (non-hydrogen) atoms. The molecule has 3 aromatic carbocycles. The number of hydrogen-bond acceptors (Lipinski definition) is 10. The smallest absolute Gasteiger partial charge is 0.355 e. The van der Waals surface area contributed by atoms with Crippen LogP contribution in [0.15, 0.2) is 106 Å². The van der Waals surface area contributed by atoms with Gasteiger partial charge in [-0.15, -0.1) is 0 Å². The summed E-state index contributed by atoms with van der Waals surface area (Å²) < 4.78 is 21.3. The highest BCUT2D eigenvalue weighted by Crippen LogP contribution is 2.44. The number of carbonyl (C=O) groups is 3. The molecule has 0 saturated heterocycles. The standard InChI is InChI=1S/C32H26N4O7/c1-40-24-16-20(13-14-22(24)35-30(37)25-15-19-11-7-8-12-23(19)43-25)36-28(32(39)42-3)27(31(38)41-2)26(21(17-33)29(36)34)18-9-5-4-6-10-18/h4-16,26H,34H2,1-3H3,(H,35,37). The van der Waals surface area contributed by atoms with Crippen LogP contribution in [-0.2, 0) is 19.1 Å². The number of nitrogens with two attached hydrogens (primary N) is 1. The Kier molecular flexibility index (Phi) is 7.85. The molecule has 0 spiro atoms. The van der Waals surface area contributed by atoms with Gasteiger partial charge in [0.1, 0.15) is 22.9 Å².